The zero-order chi connectivity index (χ0) is 12.4. The Morgan fingerprint density at radius 3 is 2.59 bits per heavy atom. The van der Waals surface area contributed by atoms with E-state index in [9.17, 15) is 9.59 Å². The largest absolute Gasteiger partial charge is 0.365 e. The van der Waals surface area contributed by atoms with Crippen LogP contribution >= 0.6 is 0 Å². The van der Waals surface area contributed by atoms with Crippen LogP contribution in [-0.2, 0) is 0 Å². The minimum absolute atomic E-state index is 0.0394. The fourth-order valence-electron chi connectivity index (χ4n) is 1.64. The molecule has 5 nitrogen and oxygen atoms in total. The molecule has 0 unspecified atom stereocenters. The molecule has 0 aliphatic carbocycles. The molecule has 0 spiro atoms. The van der Waals surface area contributed by atoms with E-state index < -0.39 is 11.5 Å². The van der Waals surface area contributed by atoms with Crippen LogP contribution in [0, 0.1) is 6.92 Å². The van der Waals surface area contributed by atoms with Crippen LogP contribution in [0.2, 0.25) is 0 Å². The SMILES string of the molecule is Cc1[nH]c(=O)c(C(N)=O)cc1-c1ccncc1. The molecule has 0 atom stereocenters. The minimum atomic E-state index is -0.735. The van der Waals surface area contributed by atoms with Crippen LogP contribution in [0.15, 0.2) is 35.4 Å². The molecule has 86 valence electrons. The first-order valence-corrected chi connectivity index (χ1v) is 5.03. The van der Waals surface area contributed by atoms with Gasteiger partial charge in [-0.25, -0.2) is 0 Å². The second kappa shape index (κ2) is 4.21. The summed E-state index contributed by atoms with van der Waals surface area (Å²) in [6.07, 6.45) is 3.29. The summed E-state index contributed by atoms with van der Waals surface area (Å²) in [5.41, 5.74) is 6.96. The first kappa shape index (κ1) is 11.1. The lowest BCUT2D eigenvalue weighted by atomic mass is 10.0. The third-order valence-electron chi connectivity index (χ3n) is 2.50. The molecule has 2 heterocycles. The Bertz CT molecular complexity index is 617. The molecule has 0 aliphatic rings. The second-order valence-electron chi connectivity index (χ2n) is 3.65. The number of pyridine rings is 2. The van der Waals surface area contributed by atoms with Gasteiger partial charge in [-0.05, 0) is 30.7 Å². The Morgan fingerprint density at radius 1 is 1.35 bits per heavy atom. The van der Waals surface area contributed by atoms with Crippen molar-refractivity contribution in [3.63, 3.8) is 0 Å². The average Bonchev–Trinajstić information content (AvgIpc) is 2.29. The first-order valence-electron chi connectivity index (χ1n) is 5.03. The number of carbonyl (C=O) groups is 1. The predicted molar refractivity (Wildman–Crippen MR) is 63.5 cm³/mol. The predicted octanol–water partition coefficient (Wildman–Crippen LogP) is 0.844. The molecule has 0 saturated heterocycles. The van der Waals surface area contributed by atoms with Crippen molar-refractivity contribution in [3.8, 4) is 11.1 Å². The van der Waals surface area contributed by atoms with E-state index in [2.05, 4.69) is 9.97 Å². The Balaban J connectivity index is 2.67. The Labute approximate surface area is 97.3 Å². The van der Waals surface area contributed by atoms with Gasteiger partial charge >= 0.3 is 0 Å². The van der Waals surface area contributed by atoms with Crippen molar-refractivity contribution in [1.82, 2.24) is 9.97 Å². The van der Waals surface area contributed by atoms with Crippen LogP contribution in [0.4, 0.5) is 0 Å². The third-order valence-corrected chi connectivity index (χ3v) is 2.50. The zero-order valence-electron chi connectivity index (χ0n) is 9.23. The van der Waals surface area contributed by atoms with Gasteiger partial charge in [0.05, 0.1) is 0 Å². The molecule has 2 aromatic rings. The van der Waals surface area contributed by atoms with Crippen LogP contribution < -0.4 is 11.3 Å². The molecule has 2 rings (SSSR count). The van der Waals surface area contributed by atoms with E-state index in [0.717, 1.165) is 11.1 Å². The summed E-state index contributed by atoms with van der Waals surface area (Å²) in [4.78, 5) is 29.1. The van der Waals surface area contributed by atoms with Crippen LogP contribution in [-0.4, -0.2) is 15.9 Å². The van der Waals surface area contributed by atoms with Gasteiger partial charge in [-0.2, -0.15) is 0 Å². The molecule has 0 radical (unpaired) electrons. The van der Waals surface area contributed by atoms with E-state index in [0.29, 0.717) is 5.69 Å². The number of amides is 1. The van der Waals surface area contributed by atoms with Crippen molar-refractivity contribution < 1.29 is 4.79 Å². The van der Waals surface area contributed by atoms with Gasteiger partial charge in [0, 0.05) is 23.7 Å². The summed E-state index contributed by atoms with van der Waals surface area (Å²) >= 11 is 0. The van der Waals surface area contributed by atoms with E-state index in [1.54, 1.807) is 31.5 Å². The molecule has 5 heteroatoms. The van der Waals surface area contributed by atoms with Gasteiger partial charge in [-0.1, -0.05) is 0 Å². The highest BCUT2D eigenvalue weighted by Crippen LogP contribution is 2.20. The van der Waals surface area contributed by atoms with Crippen molar-refractivity contribution in [2.45, 2.75) is 6.92 Å². The molecule has 0 bridgehead atoms. The highest BCUT2D eigenvalue weighted by atomic mass is 16.2. The molecule has 0 aromatic carbocycles. The van der Waals surface area contributed by atoms with Gasteiger partial charge in [-0.3, -0.25) is 14.6 Å². The quantitative estimate of drug-likeness (QED) is 0.799. The number of aromatic nitrogens is 2. The maximum absolute atomic E-state index is 11.5. The third kappa shape index (κ3) is 2.08. The zero-order valence-corrected chi connectivity index (χ0v) is 9.23. The van der Waals surface area contributed by atoms with Crippen molar-refractivity contribution in [2.75, 3.05) is 0 Å². The van der Waals surface area contributed by atoms with Crippen molar-refractivity contribution >= 4 is 5.91 Å². The fourth-order valence-corrected chi connectivity index (χ4v) is 1.64. The van der Waals surface area contributed by atoms with Crippen molar-refractivity contribution in [3.05, 3.63) is 52.2 Å². The van der Waals surface area contributed by atoms with Crippen LogP contribution in [0.25, 0.3) is 11.1 Å². The number of aromatic amines is 1. The summed E-state index contributed by atoms with van der Waals surface area (Å²) in [5, 5.41) is 0. The number of carbonyl (C=O) groups excluding carboxylic acids is 1. The number of nitrogens with zero attached hydrogens (tertiary/aromatic N) is 1. The average molecular weight is 229 g/mol. The van der Waals surface area contributed by atoms with Gasteiger partial charge in [0.1, 0.15) is 5.56 Å². The second-order valence-corrected chi connectivity index (χ2v) is 3.65. The first-order chi connectivity index (χ1) is 8.09. The lowest BCUT2D eigenvalue weighted by Crippen LogP contribution is -2.24. The number of nitrogens with one attached hydrogen (secondary N) is 1. The van der Waals surface area contributed by atoms with Gasteiger partial charge in [-0.15, -0.1) is 0 Å². The molecule has 1 amide bonds. The number of aryl methyl sites for hydroxylation is 1. The number of hydrogen-bond acceptors (Lipinski definition) is 3. The Kier molecular flexibility index (Phi) is 2.74. The van der Waals surface area contributed by atoms with E-state index in [1.807, 2.05) is 0 Å². The molecular weight excluding hydrogens is 218 g/mol. The maximum Gasteiger partial charge on any atom is 0.261 e. The summed E-state index contributed by atoms with van der Waals surface area (Å²) in [6, 6.07) is 5.10. The molecule has 0 aliphatic heterocycles. The standard InChI is InChI=1S/C12H11N3O2/c1-7-9(8-2-4-14-5-3-8)6-10(11(13)16)12(17)15-7/h2-6H,1H3,(H2,13,16)(H,15,17). The van der Waals surface area contributed by atoms with Gasteiger partial charge in [0.25, 0.3) is 11.5 Å². The van der Waals surface area contributed by atoms with Gasteiger partial charge in [0.15, 0.2) is 0 Å². The number of nitrogens with two attached hydrogens (primary N) is 1. The normalized spacial score (nSPS) is 10.2. The molecule has 17 heavy (non-hydrogen) atoms. The van der Waals surface area contributed by atoms with Crippen molar-refractivity contribution in [2.24, 2.45) is 5.73 Å². The summed E-state index contributed by atoms with van der Waals surface area (Å²) in [6.45, 7) is 1.77. The van der Waals surface area contributed by atoms with Crippen LogP contribution in [0.1, 0.15) is 16.1 Å². The molecule has 3 N–H and O–H groups in total. The molecular formula is C12H11N3O2. The molecule has 0 saturated carbocycles. The highest BCUT2D eigenvalue weighted by Gasteiger charge is 2.11. The monoisotopic (exact) mass is 229 g/mol. The summed E-state index contributed by atoms with van der Waals surface area (Å²) < 4.78 is 0. The summed E-state index contributed by atoms with van der Waals surface area (Å²) in [5.74, 6) is -0.735. The Hall–Kier alpha value is -2.43. The van der Waals surface area contributed by atoms with Crippen LogP contribution in [0.5, 0.6) is 0 Å². The topological polar surface area (TPSA) is 88.8 Å². The van der Waals surface area contributed by atoms with Gasteiger partial charge < -0.3 is 10.7 Å². The fraction of sp³-hybridized carbons (Fsp3) is 0.0833. The minimum Gasteiger partial charge on any atom is -0.365 e. The van der Waals surface area contributed by atoms with Crippen LogP contribution in [0.3, 0.4) is 0 Å². The smallest absolute Gasteiger partial charge is 0.261 e. The van der Waals surface area contributed by atoms with E-state index in [1.165, 1.54) is 6.07 Å². The van der Waals surface area contributed by atoms with Gasteiger partial charge in [0.2, 0.25) is 0 Å². The maximum atomic E-state index is 11.5. The van der Waals surface area contributed by atoms with E-state index >= 15 is 0 Å². The summed E-state index contributed by atoms with van der Waals surface area (Å²) in [7, 11) is 0. The molecule has 2 aromatic heterocycles. The number of rotatable bonds is 2. The van der Waals surface area contributed by atoms with E-state index in [4.69, 9.17) is 5.73 Å². The highest BCUT2D eigenvalue weighted by molar-refractivity contribution is 5.93. The number of primary amides is 1. The number of H-pyrrole nitrogens is 1. The lowest BCUT2D eigenvalue weighted by molar-refractivity contribution is 0.0999. The van der Waals surface area contributed by atoms with Crippen molar-refractivity contribution in [1.29, 1.82) is 0 Å². The lowest BCUT2D eigenvalue weighted by Gasteiger charge is -2.06. The number of hydrogen-bond donors (Lipinski definition) is 2. The molecule has 0 fully saturated rings. The Morgan fingerprint density at radius 2 is 2.00 bits per heavy atom. The van der Waals surface area contributed by atoms with E-state index in [-0.39, 0.29) is 5.56 Å².